The van der Waals surface area contributed by atoms with Gasteiger partial charge in [-0.25, -0.2) is 0 Å². The van der Waals surface area contributed by atoms with Crippen molar-refractivity contribution in [1.29, 1.82) is 0 Å². The van der Waals surface area contributed by atoms with Crippen LogP contribution in [0.1, 0.15) is 131 Å². The predicted octanol–water partition coefficient (Wildman–Crippen LogP) is 7.82. The summed E-state index contributed by atoms with van der Waals surface area (Å²) >= 11 is 0. The zero-order valence-electron chi connectivity index (χ0n) is 22.4. The van der Waals surface area contributed by atoms with E-state index in [1.54, 1.807) is 5.57 Å². The Morgan fingerprint density at radius 3 is 2.27 bits per heavy atom. The number of aliphatic hydroxyl groups is 2. The summed E-state index contributed by atoms with van der Waals surface area (Å²) in [7, 11) is 0. The lowest BCUT2D eigenvalue weighted by Crippen LogP contribution is -2.51. The molecule has 2 N–H and O–H groups in total. The molecule has 33 heavy (non-hydrogen) atoms. The van der Waals surface area contributed by atoms with Crippen LogP contribution in [-0.4, -0.2) is 21.4 Å². The zero-order valence-corrected chi connectivity index (χ0v) is 22.4. The summed E-state index contributed by atoms with van der Waals surface area (Å²) < 4.78 is 0. The topological polar surface area (TPSA) is 40.5 Å². The van der Waals surface area contributed by atoms with Gasteiger partial charge in [0.25, 0.3) is 0 Å². The molecule has 0 amide bonds. The lowest BCUT2D eigenvalue weighted by molar-refractivity contribution is -0.0675. The molecule has 7 atom stereocenters. The molecule has 0 aromatic carbocycles. The van der Waals surface area contributed by atoms with Crippen LogP contribution in [0.3, 0.4) is 0 Å². The molecule has 0 aliphatic heterocycles. The van der Waals surface area contributed by atoms with Crippen LogP contribution in [0, 0.1) is 39.9 Å². The molecule has 0 spiro atoms. The van der Waals surface area contributed by atoms with Crippen LogP contribution in [0.4, 0.5) is 0 Å². The molecule has 0 aromatic heterocycles. The fourth-order valence-corrected chi connectivity index (χ4v) is 9.71. The van der Waals surface area contributed by atoms with Gasteiger partial charge in [-0.3, -0.25) is 0 Å². The van der Waals surface area contributed by atoms with E-state index >= 15 is 0 Å². The molecule has 0 bridgehead atoms. The van der Waals surface area contributed by atoms with Crippen molar-refractivity contribution in [2.45, 2.75) is 142 Å². The first-order chi connectivity index (χ1) is 15.4. The molecule has 2 heteroatoms. The molecular formula is C31H52O2. The van der Waals surface area contributed by atoms with Crippen LogP contribution in [0.25, 0.3) is 0 Å². The maximum absolute atomic E-state index is 11.2. The minimum absolute atomic E-state index is 0.336. The molecule has 0 aromatic rings. The smallest absolute Gasteiger partial charge is 0.0657 e. The van der Waals surface area contributed by atoms with Gasteiger partial charge < -0.3 is 10.2 Å². The molecule has 5 rings (SSSR count). The molecule has 0 heterocycles. The number of rotatable bonds is 4. The summed E-state index contributed by atoms with van der Waals surface area (Å²) in [5.41, 5.74) is 1.99. The van der Waals surface area contributed by atoms with E-state index in [4.69, 9.17) is 0 Å². The molecule has 0 radical (unpaired) electrons. The van der Waals surface area contributed by atoms with Crippen molar-refractivity contribution in [3.05, 3.63) is 11.6 Å². The van der Waals surface area contributed by atoms with E-state index < -0.39 is 5.60 Å². The highest BCUT2D eigenvalue weighted by Gasteiger charge is 2.58. The van der Waals surface area contributed by atoms with Crippen molar-refractivity contribution in [2.24, 2.45) is 39.9 Å². The van der Waals surface area contributed by atoms with Gasteiger partial charge >= 0.3 is 0 Å². The first-order valence-electron chi connectivity index (χ1n) is 14.5. The number of allylic oxidation sites excluding steroid dienone is 1. The Balaban J connectivity index is 1.22. The number of fused-ring (bicyclic) bond motifs is 5. The van der Waals surface area contributed by atoms with Crippen molar-refractivity contribution in [2.75, 3.05) is 0 Å². The summed E-state index contributed by atoms with van der Waals surface area (Å²) in [5.74, 6) is 3.43. The van der Waals surface area contributed by atoms with E-state index in [1.807, 2.05) is 6.92 Å². The van der Waals surface area contributed by atoms with Gasteiger partial charge in [0.1, 0.15) is 0 Å². The second-order valence-corrected chi connectivity index (χ2v) is 15.0. The van der Waals surface area contributed by atoms with Crippen LogP contribution in [0.2, 0.25) is 0 Å². The minimum Gasteiger partial charge on any atom is -0.390 e. The molecule has 4 saturated carbocycles. The van der Waals surface area contributed by atoms with E-state index in [2.05, 4.69) is 33.8 Å². The highest BCUT2D eigenvalue weighted by molar-refractivity contribution is 5.26. The van der Waals surface area contributed by atoms with Gasteiger partial charge in [-0.2, -0.15) is 0 Å². The molecule has 0 saturated heterocycles. The first-order valence-corrected chi connectivity index (χ1v) is 14.5. The quantitative estimate of drug-likeness (QED) is 0.423. The van der Waals surface area contributed by atoms with Crippen LogP contribution in [0.5, 0.6) is 0 Å². The zero-order chi connectivity index (χ0) is 23.7. The third-order valence-electron chi connectivity index (χ3n) is 12.3. The van der Waals surface area contributed by atoms with Crippen molar-refractivity contribution in [1.82, 2.24) is 0 Å². The normalized spacial score (nSPS) is 48.4. The third-order valence-corrected chi connectivity index (χ3v) is 12.3. The largest absolute Gasteiger partial charge is 0.390 e. The summed E-state index contributed by atoms with van der Waals surface area (Å²) in [6.45, 7) is 12.0. The Hall–Kier alpha value is -0.340. The number of hydrogen-bond donors (Lipinski definition) is 2. The van der Waals surface area contributed by atoms with Crippen LogP contribution >= 0.6 is 0 Å². The van der Waals surface area contributed by atoms with Crippen molar-refractivity contribution in [3.8, 4) is 0 Å². The fourth-order valence-electron chi connectivity index (χ4n) is 9.71. The van der Waals surface area contributed by atoms with Crippen molar-refractivity contribution >= 4 is 0 Å². The van der Waals surface area contributed by atoms with E-state index in [0.29, 0.717) is 16.2 Å². The molecule has 5 aliphatic carbocycles. The Kier molecular flexibility index (Phi) is 5.97. The van der Waals surface area contributed by atoms with Gasteiger partial charge in [-0.05, 0) is 137 Å². The molecule has 4 fully saturated rings. The molecular weight excluding hydrogens is 404 g/mol. The Bertz CT molecular complexity index is 768. The molecule has 6 unspecified atom stereocenters. The lowest BCUT2D eigenvalue weighted by Gasteiger charge is -2.59. The van der Waals surface area contributed by atoms with Gasteiger partial charge in [0, 0.05) is 0 Å². The molecule has 188 valence electrons. The Morgan fingerprint density at radius 2 is 1.55 bits per heavy atom. The van der Waals surface area contributed by atoms with Crippen LogP contribution in [-0.2, 0) is 0 Å². The standard InChI is InChI=1S/C31H52O2/c1-27(2)15-19-31(33,20-16-27)13-6-7-22-9-11-25-24-10-8-23-21-28(3,32)17-18-30(23,5)26(24)12-14-29(22,25)4/h8,22,24-26,32-33H,6-7,9-21H2,1-5H3/t22?,24?,25?,26?,28-,29?,30?/m0/s1. The summed E-state index contributed by atoms with van der Waals surface area (Å²) in [6, 6.07) is 0. The average Bonchev–Trinajstić information content (AvgIpc) is 3.08. The summed E-state index contributed by atoms with van der Waals surface area (Å²) in [5, 5.41) is 21.9. The second kappa shape index (κ2) is 8.09. The van der Waals surface area contributed by atoms with E-state index in [-0.39, 0.29) is 5.60 Å². The molecule has 2 nitrogen and oxygen atoms in total. The lowest BCUT2D eigenvalue weighted by atomic mass is 9.46. The third kappa shape index (κ3) is 4.28. The van der Waals surface area contributed by atoms with Gasteiger partial charge in [0.05, 0.1) is 11.2 Å². The maximum atomic E-state index is 11.2. The van der Waals surface area contributed by atoms with Crippen LogP contribution < -0.4 is 0 Å². The average molecular weight is 457 g/mol. The van der Waals surface area contributed by atoms with Crippen molar-refractivity contribution < 1.29 is 10.2 Å². The van der Waals surface area contributed by atoms with Gasteiger partial charge in [-0.1, -0.05) is 45.8 Å². The first kappa shape index (κ1) is 24.4. The van der Waals surface area contributed by atoms with Gasteiger partial charge in [-0.15, -0.1) is 0 Å². The summed E-state index contributed by atoms with van der Waals surface area (Å²) in [6.07, 6.45) is 20.5. The van der Waals surface area contributed by atoms with Crippen LogP contribution in [0.15, 0.2) is 11.6 Å². The Morgan fingerprint density at radius 1 is 0.818 bits per heavy atom. The fraction of sp³-hybridized carbons (Fsp3) is 0.935. The van der Waals surface area contributed by atoms with Gasteiger partial charge in [0.15, 0.2) is 0 Å². The SMILES string of the molecule is CC1(C)CCC(O)(CCCC2CCC3C4CC=C5C[C@@](C)(O)CCC5(C)C4CCC23C)CC1. The van der Waals surface area contributed by atoms with E-state index in [9.17, 15) is 10.2 Å². The van der Waals surface area contributed by atoms with Crippen molar-refractivity contribution in [3.63, 3.8) is 0 Å². The summed E-state index contributed by atoms with van der Waals surface area (Å²) in [4.78, 5) is 0. The van der Waals surface area contributed by atoms with E-state index in [0.717, 1.165) is 55.8 Å². The minimum atomic E-state index is -0.488. The van der Waals surface area contributed by atoms with E-state index in [1.165, 1.54) is 64.2 Å². The second-order valence-electron chi connectivity index (χ2n) is 15.0. The highest BCUT2D eigenvalue weighted by Crippen LogP contribution is 2.67. The number of hydrogen-bond acceptors (Lipinski definition) is 2. The maximum Gasteiger partial charge on any atom is 0.0657 e. The molecule has 5 aliphatic rings. The van der Waals surface area contributed by atoms with Gasteiger partial charge in [0.2, 0.25) is 0 Å². The predicted molar refractivity (Wildman–Crippen MR) is 137 cm³/mol. The Labute approximate surface area is 204 Å². The monoisotopic (exact) mass is 456 g/mol. The highest BCUT2D eigenvalue weighted by atomic mass is 16.3.